The van der Waals surface area contributed by atoms with Crippen LogP contribution in [-0.4, -0.2) is 21.2 Å². The second-order valence-electron chi connectivity index (χ2n) is 8.23. The van der Waals surface area contributed by atoms with E-state index in [0.29, 0.717) is 16.7 Å². The van der Waals surface area contributed by atoms with E-state index in [1.165, 1.54) is 0 Å². The Morgan fingerprint density at radius 1 is 1.07 bits per heavy atom. The van der Waals surface area contributed by atoms with Crippen LogP contribution in [0.15, 0.2) is 47.3 Å². The van der Waals surface area contributed by atoms with Gasteiger partial charge in [-0.3, -0.25) is 9.36 Å². The van der Waals surface area contributed by atoms with Gasteiger partial charge in [-0.05, 0) is 64.8 Å². The molecule has 1 atom stereocenters. The molecule has 0 aliphatic heterocycles. The summed E-state index contributed by atoms with van der Waals surface area (Å²) in [6.07, 6.45) is -0.556. The van der Waals surface area contributed by atoms with E-state index in [-0.39, 0.29) is 5.56 Å². The number of aromatic nitrogens is 2. The molecule has 29 heavy (non-hydrogen) atoms. The summed E-state index contributed by atoms with van der Waals surface area (Å²) in [7, 11) is 0. The first-order chi connectivity index (χ1) is 13.6. The molecule has 0 fully saturated rings. The van der Waals surface area contributed by atoms with Gasteiger partial charge in [-0.1, -0.05) is 30.3 Å². The monoisotopic (exact) mass is 393 g/mol. The lowest BCUT2D eigenvalue weighted by Gasteiger charge is -2.24. The van der Waals surface area contributed by atoms with E-state index in [0.717, 1.165) is 16.8 Å². The van der Waals surface area contributed by atoms with Crippen LogP contribution in [0.25, 0.3) is 16.6 Å². The SMILES string of the molecule is Cc1ccccc1-n1c([C@H](C)NC(=O)OC(C)(C)C)nc2cccc(C)c2c1=O. The lowest BCUT2D eigenvalue weighted by atomic mass is 10.1. The van der Waals surface area contributed by atoms with E-state index in [2.05, 4.69) is 5.32 Å². The Morgan fingerprint density at radius 3 is 2.38 bits per heavy atom. The van der Waals surface area contributed by atoms with Crippen molar-refractivity contribution in [2.75, 3.05) is 0 Å². The third kappa shape index (κ3) is 4.31. The zero-order chi connectivity index (χ0) is 21.3. The number of benzene rings is 2. The number of rotatable bonds is 3. The van der Waals surface area contributed by atoms with Crippen LogP contribution in [0.2, 0.25) is 0 Å². The van der Waals surface area contributed by atoms with Crippen LogP contribution in [0, 0.1) is 13.8 Å². The van der Waals surface area contributed by atoms with Crippen LogP contribution < -0.4 is 10.9 Å². The molecule has 0 spiro atoms. The van der Waals surface area contributed by atoms with Gasteiger partial charge >= 0.3 is 6.09 Å². The van der Waals surface area contributed by atoms with E-state index in [1.807, 2.05) is 56.3 Å². The molecule has 2 aromatic carbocycles. The molecule has 1 aromatic heterocycles. The molecule has 3 aromatic rings. The van der Waals surface area contributed by atoms with E-state index in [9.17, 15) is 9.59 Å². The quantitative estimate of drug-likeness (QED) is 0.706. The molecule has 0 unspecified atom stereocenters. The number of fused-ring (bicyclic) bond motifs is 1. The molecular weight excluding hydrogens is 366 g/mol. The number of carbonyl (C=O) groups is 1. The van der Waals surface area contributed by atoms with Gasteiger partial charge in [0.1, 0.15) is 11.4 Å². The van der Waals surface area contributed by atoms with Gasteiger partial charge in [0.25, 0.3) is 5.56 Å². The van der Waals surface area contributed by atoms with Crippen molar-refractivity contribution in [3.63, 3.8) is 0 Å². The minimum Gasteiger partial charge on any atom is -0.444 e. The minimum atomic E-state index is -0.618. The number of para-hydroxylation sites is 1. The predicted molar refractivity (Wildman–Crippen MR) is 115 cm³/mol. The van der Waals surface area contributed by atoms with Gasteiger partial charge in [-0.15, -0.1) is 0 Å². The van der Waals surface area contributed by atoms with Crippen LogP contribution in [0.3, 0.4) is 0 Å². The maximum absolute atomic E-state index is 13.5. The average Bonchev–Trinajstić information content (AvgIpc) is 2.60. The molecule has 0 saturated carbocycles. The Bertz CT molecular complexity index is 1130. The standard InChI is InChI=1S/C23H27N3O3/c1-14-10-7-8-13-18(14)26-20(16(3)24-22(28)29-23(4,5)6)25-17-12-9-11-15(2)19(17)21(26)27/h7-13,16H,1-6H3,(H,24,28)/t16-/m0/s1. The average molecular weight is 393 g/mol. The van der Waals surface area contributed by atoms with Crippen LogP contribution in [0.1, 0.15) is 50.7 Å². The van der Waals surface area contributed by atoms with Gasteiger partial charge in [-0.25, -0.2) is 9.78 Å². The van der Waals surface area contributed by atoms with Crippen LogP contribution in [0.5, 0.6) is 0 Å². The molecule has 152 valence electrons. The van der Waals surface area contributed by atoms with E-state index in [1.54, 1.807) is 32.3 Å². The Balaban J connectivity index is 2.20. The number of aryl methyl sites for hydroxylation is 2. The van der Waals surface area contributed by atoms with Gasteiger partial charge < -0.3 is 10.1 Å². The number of hydrogen-bond donors (Lipinski definition) is 1. The van der Waals surface area contributed by atoms with Crippen LogP contribution in [-0.2, 0) is 4.74 Å². The Kier molecular flexibility index (Phi) is 5.46. The number of hydrogen-bond acceptors (Lipinski definition) is 4. The van der Waals surface area contributed by atoms with Crippen molar-refractivity contribution in [3.05, 3.63) is 69.8 Å². The van der Waals surface area contributed by atoms with Gasteiger partial charge in [0.2, 0.25) is 0 Å². The van der Waals surface area contributed by atoms with Crippen LogP contribution >= 0.6 is 0 Å². The molecule has 0 aliphatic carbocycles. The second-order valence-corrected chi connectivity index (χ2v) is 8.23. The number of amides is 1. The summed E-state index contributed by atoms with van der Waals surface area (Å²) in [4.78, 5) is 30.6. The zero-order valence-corrected chi connectivity index (χ0v) is 17.7. The normalized spacial score (nSPS) is 12.6. The first-order valence-corrected chi connectivity index (χ1v) is 9.66. The predicted octanol–water partition coefficient (Wildman–Crippen LogP) is 4.59. The van der Waals surface area contributed by atoms with Crippen molar-refractivity contribution >= 4 is 17.0 Å². The lowest BCUT2D eigenvalue weighted by Crippen LogP contribution is -2.37. The molecule has 1 N–H and O–H groups in total. The summed E-state index contributed by atoms with van der Waals surface area (Å²) in [6.45, 7) is 11.0. The molecule has 0 radical (unpaired) electrons. The zero-order valence-electron chi connectivity index (χ0n) is 17.7. The summed E-state index contributed by atoms with van der Waals surface area (Å²) < 4.78 is 6.96. The van der Waals surface area contributed by atoms with E-state index < -0.39 is 17.7 Å². The summed E-state index contributed by atoms with van der Waals surface area (Å²) in [6, 6.07) is 12.7. The summed E-state index contributed by atoms with van der Waals surface area (Å²) in [5.74, 6) is 0.452. The highest BCUT2D eigenvalue weighted by Crippen LogP contribution is 2.22. The fraction of sp³-hybridized carbons (Fsp3) is 0.348. The fourth-order valence-corrected chi connectivity index (χ4v) is 3.30. The topological polar surface area (TPSA) is 73.2 Å². The highest BCUT2D eigenvalue weighted by Gasteiger charge is 2.23. The fourth-order valence-electron chi connectivity index (χ4n) is 3.30. The number of alkyl carbamates (subject to hydrolysis) is 1. The summed E-state index contributed by atoms with van der Waals surface area (Å²) >= 11 is 0. The van der Waals surface area contributed by atoms with Crippen molar-refractivity contribution in [2.45, 2.75) is 53.2 Å². The summed E-state index contributed by atoms with van der Waals surface area (Å²) in [5, 5.41) is 3.38. The first-order valence-electron chi connectivity index (χ1n) is 9.66. The molecule has 0 aliphatic rings. The third-order valence-electron chi connectivity index (χ3n) is 4.61. The largest absolute Gasteiger partial charge is 0.444 e. The van der Waals surface area contributed by atoms with Crippen molar-refractivity contribution in [3.8, 4) is 5.69 Å². The lowest BCUT2D eigenvalue weighted by molar-refractivity contribution is 0.0505. The van der Waals surface area contributed by atoms with Gasteiger partial charge in [0.15, 0.2) is 0 Å². The molecular formula is C23H27N3O3. The third-order valence-corrected chi connectivity index (χ3v) is 4.61. The van der Waals surface area contributed by atoms with Crippen molar-refractivity contribution in [1.82, 2.24) is 14.9 Å². The minimum absolute atomic E-state index is 0.157. The van der Waals surface area contributed by atoms with Crippen LogP contribution in [0.4, 0.5) is 4.79 Å². The van der Waals surface area contributed by atoms with Crippen molar-refractivity contribution in [2.24, 2.45) is 0 Å². The number of nitrogens with one attached hydrogen (secondary N) is 1. The number of carbonyl (C=O) groups excluding carboxylic acids is 1. The molecule has 1 heterocycles. The maximum atomic E-state index is 13.5. The summed E-state index contributed by atoms with van der Waals surface area (Å²) in [5.41, 5.74) is 2.37. The molecule has 0 bridgehead atoms. The Morgan fingerprint density at radius 2 is 1.72 bits per heavy atom. The maximum Gasteiger partial charge on any atom is 0.408 e. The molecule has 1 amide bonds. The van der Waals surface area contributed by atoms with Crippen molar-refractivity contribution in [1.29, 1.82) is 0 Å². The first kappa shape index (κ1) is 20.6. The molecule has 6 nitrogen and oxygen atoms in total. The van der Waals surface area contributed by atoms with Gasteiger partial charge in [0.05, 0.1) is 22.6 Å². The molecule has 6 heteroatoms. The van der Waals surface area contributed by atoms with E-state index >= 15 is 0 Å². The molecule has 0 saturated heterocycles. The van der Waals surface area contributed by atoms with Gasteiger partial charge in [0, 0.05) is 0 Å². The highest BCUT2D eigenvalue weighted by atomic mass is 16.6. The molecule has 3 rings (SSSR count). The smallest absolute Gasteiger partial charge is 0.408 e. The Labute approximate surface area is 170 Å². The number of ether oxygens (including phenoxy) is 1. The van der Waals surface area contributed by atoms with Crippen molar-refractivity contribution < 1.29 is 9.53 Å². The van der Waals surface area contributed by atoms with E-state index in [4.69, 9.17) is 9.72 Å². The second kappa shape index (κ2) is 7.70. The van der Waals surface area contributed by atoms with Gasteiger partial charge in [-0.2, -0.15) is 0 Å². The highest BCUT2D eigenvalue weighted by molar-refractivity contribution is 5.81. The Hall–Kier alpha value is -3.15. The number of nitrogens with zero attached hydrogens (tertiary/aromatic N) is 2.